The molecule has 1 N–H and O–H groups in total. The number of anilines is 1. The molecule has 0 radical (unpaired) electrons. The first kappa shape index (κ1) is 15.9. The topological polar surface area (TPSA) is 38.3 Å². The minimum absolute atomic E-state index is 0.320. The molecule has 110 valence electrons. The maximum Gasteiger partial charge on any atom is 0.333 e. The molecule has 0 aliphatic rings. The zero-order chi connectivity index (χ0) is 15.2. The molecule has 0 saturated heterocycles. The van der Waals surface area contributed by atoms with Crippen molar-refractivity contribution in [3.8, 4) is 0 Å². The minimum Gasteiger partial charge on any atom is -0.464 e. The average Bonchev–Trinajstić information content (AvgIpc) is 2.46. The van der Waals surface area contributed by atoms with E-state index in [1.165, 1.54) is 0 Å². The maximum absolute atomic E-state index is 12.2. The highest BCUT2D eigenvalue weighted by Gasteiger charge is 2.21. The summed E-state index contributed by atoms with van der Waals surface area (Å²) in [6, 6.07) is 14.2. The summed E-state index contributed by atoms with van der Waals surface area (Å²) < 4.78 is 6.10. The lowest BCUT2D eigenvalue weighted by molar-refractivity contribution is -0.144. The van der Waals surface area contributed by atoms with E-state index < -0.39 is 6.04 Å². The van der Waals surface area contributed by atoms with Crippen molar-refractivity contribution in [2.45, 2.75) is 13.0 Å². The fourth-order valence-corrected chi connectivity index (χ4v) is 2.36. The van der Waals surface area contributed by atoms with Crippen molar-refractivity contribution in [2.24, 2.45) is 0 Å². The van der Waals surface area contributed by atoms with Gasteiger partial charge >= 0.3 is 5.97 Å². The normalized spacial score (nSPS) is 11.8. The van der Waals surface area contributed by atoms with E-state index >= 15 is 0 Å². The van der Waals surface area contributed by atoms with E-state index in [1.54, 1.807) is 19.1 Å². The van der Waals surface area contributed by atoms with Crippen molar-refractivity contribution in [2.75, 3.05) is 11.9 Å². The number of nitrogens with one attached hydrogen (secondary N) is 1. The third kappa shape index (κ3) is 4.48. The number of benzene rings is 2. The van der Waals surface area contributed by atoms with E-state index in [0.717, 1.165) is 15.7 Å². The lowest BCUT2D eigenvalue weighted by Gasteiger charge is -2.19. The molecule has 2 rings (SSSR count). The van der Waals surface area contributed by atoms with Crippen molar-refractivity contribution in [1.29, 1.82) is 0 Å². The van der Waals surface area contributed by atoms with Gasteiger partial charge in [-0.3, -0.25) is 0 Å². The molecule has 0 aromatic heterocycles. The predicted molar refractivity (Wildman–Crippen MR) is 88.6 cm³/mol. The van der Waals surface area contributed by atoms with Gasteiger partial charge in [0.25, 0.3) is 0 Å². The Balaban J connectivity index is 2.27. The van der Waals surface area contributed by atoms with Crippen LogP contribution in [0.5, 0.6) is 0 Å². The highest BCUT2D eigenvalue weighted by molar-refractivity contribution is 9.10. The van der Waals surface area contributed by atoms with Gasteiger partial charge in [0.1, 0.15) is 0 Å². The summed E-state index contributed by atoms with van der Waals surface area (Å²) in [5, 5.41) is 3.78. The molecule has 0 aliphatic carbocycles. The van der Waals surface area contributed by atoms with Crippen molar-refractivity contribution in [1.82, 2.24) is 0 Å². The van der Waals surface area contributed by atoms with Gasteiger partial charge in [0.15, 0.2) is 6.04 Å². The number of rotatable bonds is 5. The summed E-state index contributed by atoms with van der Waals surface area (Å²) in [7, 11) is 0. The standard InChI is InChI=1S/C16H15BrClNO2/c1-2-21-16(20)15(11-6-8-12(17)9-7-11)19-14-5-3-4-13(18)10-14/h3-10,15,19H,2H2,1H3. The number of hydrogen-bond acceptors (Lipinski definition) is 3. The molecular weight excluding hydrogens is 354 g/mol. The smallest absolute Gasteiger partial charge is 0.333 e. The highest BCUT2D eigenvalue weighted by Crippen LogP contribution is 2.24. The lowest BCUT2D eigenvalue weighted by atomic mass is 10.1. The number of carbonyl (C=O) groups is 1. The van der Waals surface area contributed by atoms with Gasteiger partial charge in [0, 0.05) is 15.2 Å². The number of ether oxygens (including phenoxy) is 1. The van der Waals surface area contributed by atoms with Crippen LogP contribution < -0.4 is 5.32 Å². The number of hydrogen-bond donors (Lipinski definition) is 1. The van der Waals surface area contributed by atoms with Crippen molar-refractivity contribution >= 4 is 39.2 Å². The first-order valence-electron chi connectivity index (χ1n) is 6.54. The molecule has 1 atom stereocenters. The van der Waals surface area contributed by atoms with E-state index in [4.69, 9.17) is 16.3 Å². The molecule has 0 spiro atoms. The lowest BCUT2D eigenvalue weighted by Crippen LogP contribution is -2.23. The van der Waals surface area contributed by atoms with Gasteiger partial charge in [0.2, 0.25) is 0 Å². The van der Waals surface area contributed by atoms with Crippen LogP contribution in [0.3, 0.4) is 0 Å². The first-order chi connectivity index (χ1) is 10.1. The molecule has 0 fully saturated rings. The van der Waals surface area contributed by atoms with E-state index in [0.29, 0.717) is 11.6 Å². The molecular formula is C16H15BrClNO2. The highest BCUT2D eigenvalue weighted by atomic mass is 79.9. The van der Waals surface area contributed by atoms with Gasteiger partial charge in [-0.2, -0.15) is 0 Å². The zero-order valence-electron chi connectivity index (χ0n) is 11.5. The Bertz CT molecular complexity index is 616. The fraction of sp³-hybridized carbons (Fsp3) is 0.188. The molecule has 3 nitrogen and oxygen atoms in total. The van der Waals surface area contributed by atoms with Crippen molar-refractivity contribution in [3.05, 3.63) is 63.6 Å². The maximum atomic E-state index is 12.2. The van der Waals surface area contributed by atoms with Crippen LogP contribution in [0, 0.1) is 0 Å². The molecule has 0 aliphatic heterocycles. The van der Waals surface area contributed by atoms with Crippen LogP contribution in [-0.4, -0.2) is 12.6 Å². The third-order valence-corrected chi connectivity index (χ3v) is 3.63. The van der Waals surface area contributed by atoms with Crippen LogP contribution in [0.2, 0.25) is 5.02 Å². The van der Waals surface area contributed by atoms with Gasteiger partial charge in [0.05, 0.1) is 6.61 Å². The zero-order valence-corrected chi connectivity index (χ0v) is 13.8. The monoisotopic (exact) mass is 367 g/mol. The molecule has 0 bridgehead atoms. The molecule has 0 heterocycles. The van der Waals surface area contributed by atoms with Crippen LogP contribution in [-0.2, 0) is 9.53 Å². The number of carbonyl (C=O) groups excluding carboxylic acids is 1. The summed E-state index contributed by atoms with van der Waals surface area (Å²) in [5.41, 5.74) is 1.60. The Morgan fingerprint density at radius 2 is 2.00 bits per heavy atom. The van der Waals surface area contributed by atoms with Gasteiger partial charge in [-0.25, -0.2) is 4.79 Å². The van der Waals surface area contributed by atoms with Gasteiger partial charge in [-0.15, -0.1) is 0 Å². The molecule has 0 amide bonds. The van der Waals surface area contributed by atoms with Crippen LogP contribution in [0.1, 0.15) is 18.5 Å². The van der Waals surface area contributed by atoms with Gasteiger partial charge in [-0.1, -0.05) is 45.7 Å². The Hall–Kier alpha value is -1.52. The Morgan fingerprint density at radius 3 is 2.62 bits per heavy atom. The Kier molecular flexibility index (Phi) is 5.65. The van der Waals surface area contributed by atoms with Gasteiger partial charge in [-0.05, 0) is 42.8 Å². The largest absolute Gasteiger partial charge is 0.464 e. The molecule has 2 aromatic rings. The second kappa shape index (κ2) is 7.48. The van der Waals surface area contributed by atoms with E-state index in [9.17, 15) is 4.79 Å². The van der Waals surface area contributed by atoms with Crippen LogP contribution in [0.15, 0.2) is 53.0 Å². The van der Waals surface area contributed by atoms with Crippen LogP contribution in [0.25, 0.3) is 0 Å². The molecule has 21 heavy (non-hydrogen) atoms. The number of halogens is 2. The number of esters is 1. The Morgan fingerprint density at radius 1 is 1.29 bits per heavy atom. The quantitative estimate of drug-likeness (QED) is 0.769. The SMILES string of the molecule is CCOC(=O)C(Nc1cccc(Cl)c1)c1ccc(Br)cc1. The summed E-state index contributed by atoms with van der Waals surface area (Å²) in [6.07, 6.45) is 0. The second-order valence-electron chi connectivity index (χ2n) is 4.39. The molecule has 2 aromatic carbocycles. The van der Waals surface area contributed by atoms with Crippen LogP contribution >= 0.6 is 27.5 Å². The predicted octanol–water partition coefficient (Wildman–Crippen LogP) is 4.82. The van der Waals surface area contributed by atoms with E-state index in [1.807, 2.05) is 36.4 Å². The van der Waals surface area contributed by atoms with Crippen molar-refractivity contribution in [3.63, 3.8) is 0 Å². The summed E-state index contributed by atoms with van der Waals surface area (Å²) in [6.45, 7) is 2.12. The van der Waals surface area contributed by atoms with E-state index in [-0.39, 0.29) is 5.97 Å². The molecule has 5 heteroatoms. The first-order valence-corrected chi connectivity index (χ1v) is 7.71. The molecule has 1 unspecified atom stereocenters. The van der Waals surface area contributed by atoms with Gasteiger partial charge < -0.3 is 10.1 Å². The fourth-order valence-electron chi connectivity index (χ4n) is 1.90. The Labute approximate surface area is 137 Å². The summed E-state index contributed by atoms with van der Waals surface area (Å²) in [4.78, 5) is 12.2. The minimum atomic E-state index is -0.573. The molecule has 0 saturated carbocycles. The average molecular weight is 369 g/mol. The summed E-state index contributed by atoms with van der Waals surface area (Å²) >= 11 is 9.36. The third-order valence-electron chi connectivity index (χ3n) is 2.86. The second-order valence-corrected chi connectivity index (χ2v) is 5.74. The van der Waals surface area contributed by atoms with Crippen LogP contribution in [0.4, 0.5) is 5.69 Å². The summed E-state index contributed by atoms with van der Waals surface area (Å²) in [5.74, 6) is -0.320. The van der Waals surface area contributed by atoms with E-state index in [2.05, 4.69) is 21.2 Å². The van der Waals surface area contributed by atoms with Crippen molar-refractivity contribution < 1.29 is 9.53 Å².